The van der Waals surface area contributed by atoms with E-state index in [9.17, 15) is 4.79 Å². The third-order valence-electron chi connectivity index (χ3n) is 3.54. The average molecular weight is 232 g/mol. The van der Waals surface area contributed by atoms with Crippen LogP contribution in [-0.2, 0) is 0 Å². The smallest absolute Gasteiger partial charge is 0.248 e. The van der Waals surface area contributed by atoms with Gasteiger partial charge in [-0.2, -0.15) is 0 Å². The Balaban J connectivity index is 2.12. The zero-order chi connectivity index (χ0) is 12.3. The molecule has 3 nitrogen and oxygen atoms in total. The lowest BCUT2D eigenvalue weighted by Gasteiger charge is -2.20. The van der Waals surface area contributed by atoms with Crippen LogP contribution in [0.1, 0.15) is 41.1 Å². The van der Waals surface area contributed by atoms with Crippen molar-refractivity contribution in [3.05, 3.63) is 35.4 Å². The monoisotopic (exact) mass is 232 g/mol. The molecule has 0 aromatic heterocycles. The minimum atomic E-state index is -0.352. The Bertz CT molecular complexity index is 386. The Labute approximate surface area is 103 Å². The molecule has 2 N–H and O–H groups in total. The van der Waals surface area contributed by atoms with E-state index in [1.807, 2.05) is 24.3 Å². The van der Waals surface area contributed by atoms with E-state index >= 15 is 0 Å². The molecule has 1 aliphatic heterocycles. The SMILES string of the molecule is CN1CCCCC(c2ccc(C(N)=O)cc2)C1. The number of likely N-dealkylation sites (N-methyl/N-ethyl adjacent to an activating group) is 1. The maximum absolute atomic E-state index is 11.0. The molecule has 1 aromatic rings. The van der Waals surface area contributed by atoms with Crippen molar-refractivity contribution in [2.45, 2.75) is 25.2 Å². The summed E-state index contributed by atoms with van der Waals surface area (Å²) in [5.41, 5.74) is 7.16. The molecule has 1 atom stereocenters. The van der Waals surface area contributed by atoms with Gasteiger partial charge in [0, 0.05) is 12.1 Å². The van der Waals surface area contributed by atoms with E-state index in [4.69, 9.17) is 5.73 Å². The van der Waals surface area contributed by atoms with Crippen LogP contribution in [0.15, 0.2) is 24.3 Å². The summed E-state index contributed by atoms with van der Waals surface area (Å²) in [5.74, 6) is 0.235. The quantitative estimate of drug-likeness (QED) is 0.847. The van der Waals surface area contributed by atoms with E-state index in [2.05, 4.69) is 11.9 Å². The second-order valence-electron chi connectivity index (χ2n) is 4.94. The number of rotatable bonds is 2. The van der Waals surface area contributed by atoms with Crippen molar-refractivity contribution < 1.29 is 4.79 Å². The van der Waals surface area contributed by atoms with Gasteiger partial charge in [-0.25, -0.2) is 0 Å². The zero-order valence-electron chi connectivity index (χ0n) is 10.4. The fourth-order valence-corrected chi connectivity index (χ4v) is 2.52. The van der Waals surface area contributed by atoms with Crippen LogP contribution in [0, 0.1) is 0 Å². The van der Waals surface area contributed by atoms with Gasteiger partial charge in [-0.05, 0) is 50.0 Å². The molecule has 1 saturated heterocycles. The summed E-state index contributed by atoms with van der Waals surface area (Å²) in [6.07, 6.45) is 3.80. The Kier molecular flexibility index (Phi) is 3.79. The Morgan fingerprint density at radius 2 is 2.00 bits per heavy atom. The van der Waals surface area contributed by atoms with Crippen LogP contribution < -0.4 is 5.73 Å². The van der Waals surface area contributed by atoms with Gasteiger partial charge >= 0.3 is 0 Å². The van der Waals surface area contributed by atoms with Gasteiger partial charge in [0.05, 0.1) is 0 Å². The first-order chi connectivity index (χ1) is 8.16. The van der Waals surface area contributed by atoms with Crippen LogP contribution in [-0.4, -0.2) is 30.9 Å². The lowest BCUT2D eigenvalue weighted by atomic mass is 9.93. The first-order valence-corrected chi connectivity index (χ1v) is 6.25. The number of carbonyl (C=O) groups is 1. The van der Waals surface area contributed by atoms with Crippen LogP contribution >= 0.6 is 0 Å². The van der Waals surface area contributed by atoms with E-state index < -0.39 is 0 Å². The minimum absolute atomic E-state index is 0.352. The number of primary amides is 1. The van der Waals surface area contributed by atoms with Crippen LogP contribution in [0.25, 0.3) is 0 Å². The molecule has 0 saturated carbocycles. The molecule has 1 aliphatic rings. The fourth-order valence-electron chi connectivity index (χ4n) is 2.52. The topological polar surface area (TPSA) is 46.3 Å². The maximum Gasteiger partial charge on any atom is 0.248 e. The highest BCUT2D eigenvalue weighted by Crippen LogP contribution is 2.26. The number of nitrogens with zero attached hydrogens (tertiary/aromatic N) is 1. The molecular formula is C14H20N2O. The molecule has 1 amide bonds. The third-order valence-corrected chi connectivity index (χ3v) is 3.54. The van der Waals surface area contributed by atoms with Gasteiger partial charge in [0.25, 0.3) is 0 Å². The highest BCUT2D eigenvalue weighted by atomic mass is 16.1. The molecule has 1 fully saturated rings. The van der Waals surface area contributed by atoms with Gasteiger partial charge in [-0.1, -0.05) is 18.6 Å². The molecule has 0 radical (unpaired) electrons. The molecule has 17 heavy (non-hydrogen) atoms. The van der Waals surface area contributed by atoms with Crippen LogP contribution in [0.5, 0.6) is 0 Å². The van der Waals surface area contributed by atoms with E-state index in [0.717, 1.165) is 6.54 Å². The summed E-state index contributed by atoms with van der Waals surface area (Å²) in [6.45, 7) is 2.30. The van der Waals surface area contributed by atoms with Gasteiger partial charge in [0.1, 0.15) is 0 Å². The predicted molar refractivity (Wildman–Crippen MR) is 69.0 cm³/mol. The third kappa shape index (κ3) is 3.07. The zero-order valence-corrected chi connectivity index (χ0v) is 10.4. The summed E-state index contributed by atoms with van der Waals surface area (Å²) >= 11 is 0. The van der Waals surface area contributed by atoms with Crippen molar-refractivity contribution in [2.75, 3.05) is 20.1 Å². The van der Waals surface area contributed by atoms with E-state index in [1.54, 1.807) is 0 Å². The molecular weight excluding hydrogens is 212 g/mol. The Morgan fingerprint density at radius 1 is 1.29 bits per heavy atom. The number of carbonyl (C=O) groups excluding carboxylic acids is 1. The summed E-state index contributed by atoms with van der Waals surface area (Å²) in [5, 5.41) is 0. The number of likely N-dealkylation sites (tertiary alicyclic amines) is 1. The van der Waals surface area contributed by atoms with Gasteiger partial charge in [-0.15, -0.1) is 0 Å². The molecule has 0 bridgehead atoms. The fraction of sp³-hybridized carbons (Fsp3) is 0.500. The van der Waals surface area contributed by atoms with E-state index in [0.29, 0.717) is 11.5 Å². The molecule has 1 unspecified atom stereocenters. The average Bonchev–Trinajstić information content (AvgIpc) is 2.54. The molecule has 0 aliphatic carbocycles. The summed E-state index contributed by atoms with van der Waals surface area (Å²) in [4.78, 5) is 13.4. The molecule has 1 heterocycles. The van der Waals surface area contributed by atoms with Crippen LogP contribution in [0.3, 0.4) is 0 Å². The largest absolute Gasteiger partial charge is 0.366 e. The molecule has 2 rings (SSSR count). The van der Waals surface area contributed by atoms with Gasteiger partial charge < -0.3 is 10.6 Å². The van der Waals surface area contributed by atoms with Gasteiger partial charge in [0.2, 0.25) is 5.91 Å². The maximum atomic E-state index is 11.0. The molecule has 0 spiro atoms. The second kappa shape index (κ2) is 5.32. The highest BCUT2D eigenvalue weighted by Gasteiger charge is 2.17. The van der Waals surface area contributed by atoms with E-state index in [1.165, 1.54) is 31.4 Å². The Morgan fingerprint density at radius 3 is 2.65 bits per heavy atom. The summed E-state index contributed by atoms with van der Waals surface area (Å²) < 4.78 is 0. The number of hydrogen-bond acceptors (Lipinski definition) is 2. The summed E-state index contributed by atoms with van der Waals surface area (Å²) in [6, 6.07) is 7.76. The lowest BCUT2D eigenvalue weighted by molar-refractivity contribution is 0.100. The minimum Gasteiger partial charge on any atom is -0.366 e. The Hall–Kier alpha value is -1.35. The second-order valence-corrected chi connectivity index (χ2v) is 4.94. The van der Waals surface area contributed by atoms with Crippen molar-refractivity contribution >= 4 is 5.91 Å². The van der Waals surface area contributed by atoms with Crippen LogP contribution in [0.4, 0.5) is 0 Å². The van der Waals surface area contributed by atoms with Crippen molar-refractivity contribution in [1.29, 1.82) is 0 Å². The number of hydrogen-bond donors (Lipinski definition) is 1. The van der Waals surface area contributed by atoms with Crippen molar-refractivity contribution in [2.24, 2.45) is 5.73 Å². The van der Waals surface area contributed by atoms with E-state index in [-0.39, 0.29) is 5.91 Å². The van der Waals surface area contributed by atoms with Crippen molar-refractivity contribution in [3.63, 3.8) is 0 Å². The first kappa shape index (κ1) is 12.1. The van der Waals surface area contributed by atoms with Crippen molar-refractivity contribution in [1.82, 2.24) is 4.90 Å². The number of benzene rings is 1. The number of nitrogens with two attached hydrogens (primary N) is 1. The van der Waals surface area contributed by atoms with Gasteiger partial charge in [-0.3, -0.25) is 4.79 Å². The van der Waals surface area contributed by atoms with Crippen LogP contribution in [0.2, 0.25) is 0 Å². The highest BCUT2D eigenvalue weighted by molar-refractivity contribution is 5.92. The molecule has 92 valence electrons. The van der Waals surface area contributed by atoms with Crippen molar-refractivity contribution in [3.8, 4) is 0 Å². The standard InChI is InChI=1S/C14H20N2O/c1-16-9-3-2-4-13(10-16)11-5-7-12(8-6-11)14(15)17/h5-8,13H,2-4,9-10H2,1H3,(H2,15,17). The molecule has 1 aromatic carbocycles. The predicted octanol–water partition coefficient (Wildman–Crippen LogP) is 1.98. The molecule has 3 heteroatoms. The normalized spacial score (nSPS) is 22.1. The first-order valence-electron chi connectivity index (χ1n) is 6.25. The van der Waals surface area contributed by atoms with Gasteiger partial charge in [0.15, 0.2) is 0 Å². The summed E-state index contributed by atoms with van der Waals surface area (Å²) in [7, 11) is 2.18. The lowest BCUT2D eigenvalue weighted by Crippen LogP contribution is -2.23. The number of amides is 1.